The largest absolute Gasteiger partial charge is 0.479 e. The Morgan fingerprint density at radius 2 is 1.62 bits per heavy atom. The Morgan fingerprint density at radius 1 is 1.03 bits per heavy atom. The number of fused-ring (bicyclic) bond motifs is 2. The predicted octanol–water partition coefficient (Wildman–Crippen LogP) is -0.0224. The minimum Gasteiger partial charge on any atom is -0.479 e. The molecule has 202 valence electrons. The number of ether oxygens (including phenoxy) is 2. The number of ketones is 1. The van der Waals surface area contributed by atoms with Gasteiger partial charge in [-0.25, -0.2) is 14.4 Å². The average molecular weight is 523 g/mol. The van der Waals surface area contributed by atoms with Crippen molar-refractivity contribution in [2.45, 2.75) is 68.4 Å². The zero-order valence-corrected chi connectivity index (χ0v) is 20.2. The molecule has 8 atom stereocenters. The zero-order chi connectivity index (χ0) is 27.9. The van der Waals surface area contributed by atoms with Crippen molar-refractivity contribution in [1.29, 1.82) is 0 Å². The zero-order valence-electron chi connectivity index (χ0n) is 20.2. The van der Waals surface area contributed by atoms with Gasteiger partial charge in [-0.15, -0.1) is 0 Å². The summed E-state index contributed by atoms with van der Waals surface area (Å²) in [7, 11) is 0. The van der Waals surface area contributed by atoms with Crippen LogP contribution in [-0.4, -0.2) is 89.6 Å². The number of carbonyl (C=O) groups excluding carboxylic acids is 1. The molecule has 1 aromatic rings. The lowest BCUT2D eigenvalue weighted by Gasteiger charge is -2.48. The smallest absolute Gasteiger partial charge is 0.343 e. The summed E-state index contributed by atoms with van der Waals surface area (Å²) >= 11 is 0. The number of allylic oxidation sites excluding steroid dienone is 1. The third-order valence-electron chi connectivity index (χ3n) is 7.27. The number of benzene rings is 1. The van der Waals surface area contributed by atoms with E-state index in [1.54, 1.807) is 0 Å². The molecule has 2 aliphatic rings. The fourth-order valence-corrected chi connectivity index (χ4v) is 5.51. The van der Waals surface area contributed by atoms with Crippen LogP contribution in [0.3, 0.4) is 0 Å². The summed E-state index contributed by atoms with van der Waals surface area (Å²) in [6, 6.07) is 9.37. The molecule has 6 N–H and O–H groups in total. The first-order valence-electron chi connectivity index (χ1n) is 11.5. The van der Waals surface area contributed by atoms with Crippen LogP contribution in [0.1, 0.15) is 32.3 Å². The van der Waals surface area contributed by atoms with E-state index in [0.29, 0.717) is 12.0 Å². The summed E-state index contributed by atoms with van der Waals surface area (Å²) < 4.78 is 10.6. The number of hydrogen-bond acceptors (Lipinski definition) is 9. The van der Waals surface area contributed by atoms with E-state index in [2.05, 4.69) is 6.58 Å². The number of aliphatic carboxylic acids is 3. The Labute approximate surface area is 211 Å². The minimum absolute atomic E-state index is 0.152. The van der Waals surface area contributed by atoms with Crippen molar-refractivity contribution in [1.82, 2.24) is 0 Å². The number of Topliss-reactive ketones (excluding diaryl/α,β-unsaturated/α-hetero) is 1. The van der Waals surface area contributed by atoms with E-state index in [1.165, 1.54) is 6.92 Å². The maximum atomic E-state index is 12.5. The minimum atomic E-state index is -3.80. The number of aliphatic hydroxyl groups is 3. The Hall–Kier alpha value is -3.16. The molecule has 0 aliphatic carbocycles. The molecule has 37 heavy (non-hydrogen) atoms. The van der Waals surface area contributed by atoms with Crippen molar-refractivity contribution >= 4 is 23.7 Å². The Balaban J connectivity index is 1.92. The number of hydrogen-bond donors (Lipinski definition) is 6. The van der Waals surface area contributed by atoms with Gasteiger partial charge in [-0.3, -0.25) is 4.79 Å². The van der Waals surface area contributed by atoms with E-state index in [4.69, 9.17) is 9.47 Å². The third-order valence-corrected chi connectivity index (χ3v) is 7.27. The summed E-state index contributed by atoms with van der Waals surface area (Å²) in [6.45, 7) is 7.17. The highest BCUT2D eigenvalue weighted by Crippen LogP contribution is 2.54. The molecular weight excluding hydrogens is 492 g/mol. The molecule has 2 heterocycles. The van der Waals surface area contributed by atoms with Gasteiger partial charge in [0.1, 0.15) is 18.0 Å². The van der Waals surface area contributed by atoms with Crippen molar-refractivity contribution < 1.29 is 59.3 Å². The van der Waals surface area contributed by atoms with Crippen LogP contribution in [0.2, 0.25) is 0 Å². The highest BCUT2D eigenvalue weighted by atomic mass is 16.8. The SMILES string of the molecule is C=C(CC[C@]12O[C@H](C(=O)O)[C@@](O)(C(=O)O)[C@](C(=O)O)(O1)[C@H](O)[C@H]2O)[C@@H](C(C)=O)[C@H](C)Cc1ccccc1. The van der Waals surface area contributed by atoms with Crippen molar-refractivity contribution in [2.24, 2.45) is 11.8 Å². The van der Waals surface area contributed by atoms with Crippen LogP contribution >= 0.6 is 0 Å². The van der Waals surface area contributed by atoms with Gasteiger partial charge >= 0.3 is 17.9 Å². The second kappa shape index (κ2) is 9.95. The first-order chi connectivity index (χ1) is 17.2. The highest BCUT2D eigenvalue weighted by Gasteiger charge is 2.84. The number of carboxylic acid groups (broad SMARTS) is 3. The Bertz CT molecular complexity index is 1100. The summed E-state index contributed by atoms with van der Waals surface area (Å²) in [5.41, 5.74) is -5.95. The molecule has 12 heteroatoms. The van der Waals surface area contributed by atoms with E-state index in [1.807, 2.05) is 37.3 Å². The van der Waals surface area contributed by atoms with E-state index in [-0.39, 0.29) is 18.1 Å². The first kappa shape index (κ1) is 28.4. The lowest BCUT2D eigenvalue weighted by atomic mass is 9.74. The number of aliphatic hydroxyl groups excluding tert-OH is 2. The summed E-state index contributed by atoms with van der Waals surface area (Å²) in [4.78, 5) is 48.5. The van der Waals surface area contributed by atoms with Crippen LogP contribution in [0.5, 0.6) is 0 Å². The standard InChI is InChI=1S/C25H30O12/c1-12(16(14(3)26)13(2)11-15-7-5-4-6-8-15)9-10-23-17(27)18(28)25(37-23,22(33)34)24(35,21(31)32)19(36-23)20(29)30/h4-8,13,16-19,27-28,35H,1,9-11H2,2-3H3,(H,29,30)(H,31,32)(H,33,34)/t13-,16-,17-,18-,19-,23+,24-,25+/m1/s1. The normalized spacial score (nSPS) is 34.4. The molecule has 1 aromatic carbocycles. The first-order valence-corrected chi connectivity index (χ1v) is 11.5. The fraction of sp³-hybridized carbons (Fsp3) is 0.520. The van der Waals surface area contributed by atoms with Crippen LogP contribution in [0.4, 0.5) is 0 Å². The van der Waals surface area contributed by atoms with Crippen LogP contribution in [-0.2, 0) is 35.1 Å². The third kappa shape index (κ3) is 4.34. The lowest BCUT2D eigenvalue weighted by Crippen LogP contribution is -2.77. The molecule has 0 spiro atoms. The van der Waals surface area contributed by atoms with Crippen LogP contribution < -0.4 is 0 Å². The van der Waals surface area contributed by atoms with E-state index < -0.39 is 65.5 Å². The van der Waals surface area contributed by atoms with Gasteiger partial charge in [0.15, 0.2) is 5.79 Å². The second-order valence-corrected chi connectivity index (χ2v) is 9.67. The van der Waals surface area contributed by atoms with Crippen molar-refractivity contribution in [2.75, 3.05) is 0 Å². The van der Waals surface area contributed by atoms with E-state index >= 15 is 0 Å². The quantitative estimate of drug-likeness (QED) is 0.212. The molecular formula is C25H30O12. The maximum Gasteiger partial charge on any atom is 0.343 e. The predicted molar refractivity (Wildman–Crippen MR) is 123 cm³/mol. The molecule has 0 amide bonds. The van der Waals surface area contributed by atoms with Crippen molar-refractivity contribution in [3.63, 3.8) is 0 Å². The molecule has 3 rings (SSSR count). The van der Waals surface area contributed by atoms with Crippen molar-refractivity contribution in [3.8, 4) is 0 Å². The van der Waals surface area contributed by atoms with Crippen molar-refractivity contribution in [3.05, 3.63) is 48.0 Å². The van der Waals surface area contributed by atoms with Gasteiger partial charge in [-0.1, -0.05) is 49.4 Å². The highest BCUT2D eigenvalue weighted by molar-refractivity contribution is 5.97. The van der Waals surface area contributed by atoms with E-state index in [0.717, 1.165) is 5.56 Å². The number of rotatable bonds is 11. The number of carbonyl (C=O) groups is 4. The summed E-state index contributed by atoms with van der Waals surface area (Å²) in [5, 5.41) is 61.2. The van der Waals surface area contributed by atoms with Gasteiger partial charge in [0.2, 0.25) is 17.3 Å². The fourth-order valence-electron chi connectivity index (χ4n) is 5.51. The molecule has 0 saturated carbocycles. The molecule has 2 bridgehead atoms. The molecule has 12 nitrogen and oxygen atoms in total. The molecule has 0 radical (unpaired) electrons. The topological polar surface area (TPSA) is 208 Å². The van der Waals surface area contributed by atoms with E-state index in [9.17, 15) is 49.8 Å². The second-order valence-electron chi connectivity index (χ2n) is 9.67. The van der Waals surface area contributed by atoms with Gasteiger partial charge in [0, 0.05) is 12.3 Å². The van der Waals surface area contributed by atoms with Crippen LogP contribution in [0.15, 0.2) is 42.5 Å². The maximum absolute atomic E-state index is 12.5. The summed E-state index contributed by atoms with van der Waals surface area (Å²) in [6.07, 6.45) is -7.69. The van der Waals surface area contributed by atoms with Gasteiger partial charge in [-0.05, 0) is 31.2 Å². The molecule has 2 aliphatic heterocycles. The van der Waals surface area contributed by atoms with Gasteiger partial charge in [0.05, 0.1) is 0 Å². The average Bonchev–Trinajstić information content (AvgIpc) is 3.01. The van der Waals surface area contributed by atoms with Crippen LogP contribution in [0.25, 0.3) is 0 Å². The molecule has 2 saturated heterocycles. The van der Waals surface area contributed by atoms with Crippen LogP contribution in [0, 0.1) is 11.8 Å². The number of carboxylic acids is 3. The Morgan fingerprint density at radius 3 is 2.11 bits per heavy atom. The summed E-state index contributed by atoms with van der Waals surface area (Å²) in [5.74, 6) is -10.3. The monoisotopic (exact) mass is 522 g/mol. The van der Waals surface area contributed by atoms with Gasteiger partial charge in [0.25, 0.3) is 0 Å². The lowest BCUT2D eigenvalue weighted by molar-refractivity contribution is -0.374. The van der Waals surface area contributed by atoms with Gasteiger partial charge < -0.3 is 40.1 Å². The molecule has 0 unspecified atom stereocenters. The Kier molecular flexibility index (Phi) is 7.64. The van der Waals surface area contributed by atoms with Gasteiger partial charge in [-0.2, -0.15) is 0 Å². The molecule has 0 aromatic heterocycles. The molecule has 2 fully saturated rings.